The zero-order valence-electron chi connectivity index (χ0n) is 21.4. The van der Waals surface area contributed by atoms with E-state index in [4.69, 9.17) is 4.74 Å². The number of nitro groups is 1. The van der Waals surface area contributed by atoms with Gasteiger partial charge in [0.25, 0.3) is 0 Å². The van der Waals surface area contributed by atoms with Gasteiger partial charge in [0, 0.05) is 63.6 Å². The van der Waals surface area contributed by atoms with Crippen LogP contribution in [0.2, 0.25) is 0 Å². The summed E-state index contributed by atoms with van der Waals surface area (Å²) in [5.74, 6) is 0.00246. The van der Waals surface area contributed by atoms with E-state index in [1.165, 1.54) is 22.9 Å². The standard InChI is InChI=1S/C28H32N6O4/c35-26(20-30-12-10-28(11-13-30)21-33-19-25(34(36)37)29-27(33)38-28)32-16-14-31(15-17-32)18-22-6-8-24(9-7-22)23-4-2-1-3-5-23/h1-9,19H,10-18,20-21H2. The molecule has 10 nitrogen and oxygen atoms in total. The summed E-state index contributed by atoms with van der Waals surface area (Å²) in [5.41, 5.74) is 3.37. The summed E-state index contributed by atoms with van der Waals surface area (Å²) in [5, 5.41) is 10.9. The summed E-state index contributed by atoms with van der Waals surface area (Å²) in [6.45, 7) is 6.67. The number of imidazole rings is 1. The van der Waals surface area contributed by atoms with E-state index in [9.17, 15) is 14.9 Å². The first-order valence-corrected chi connectivity index (χ1v) is 13.2. The predicted molar refractivity (Wildman–Crippen MR) is 142 cm³/mol. The molecule has 0 saturated carbocycles. The monoisotopic (exact) mass is 516 g/mol. The highest BCUT2D eigenvalue weighted by Gasteiger charge is 2.46. The van der Waals surface area contributed by atoms with Crippen LogP contribution < -0.4 is 4.74 Å². The summed E-state index contributed by atoms with van der Waals surface area (Å²) >= 11 is 0. The zero-order valence-corrected chi connectivity index (χ0v) is 21.4. The molecule has 1 amide bonds. The van der Waals surface area contributed by atoms with E-state index in [1.807, 2.05) is 11.0 Å². The molecule has 1 spiro atoms. The molecule has 38 heavy (non-hydrogen) atoms. The first-order chi connectivity index (χ1) is 18.5. The smallest absolute Gasteiger partial charge is 0.415 e. The molecule has 1 aromatic heterocycles. The third kappa shape index (κ3) is 5.14. The van der Waals surface area contributed by atoms with Crippen LogP contribution in [0.25, 0.3) is 11.1 Å². The molecule has 6 rings (SSSR count). The van der Waals surface area contributed by atoms with Crippen molar-refractivity contribution in [3.63, 3.8) is 0 Å². The van der Waals surface area contributed by atoms with E-state index in [2.05, 4.69) is 63.3 Å². The molecule has 0 radical (unpaired) electrons. The second kappa shape index (κ2) is 10.2. The number of carbonyl (C=O) groups is 1. The number of carbonyl (C=O) groups excluding carboxylic acids is 1. The summed E-state index contributed by atoms with van der Waals surface area (Å²) in [6.07, 6.45) is 2.99. The van der Waals surface area contributed by atoms with Gasteiger partial charge in [-0.2, -0.15) is 0 Å². The fraction of sp³-hybridized carbons (Fsp3) is 0.429. The molecule has 0 aliphatic carbocycles. The minimum atomic E-state index is -0.501. The fourth-order valence-corrected chi connectivity index (χ4v) is 5.72. The topological polar surface area (TPSA) is 97.0 Å². The lowest BCUT2D eigenvalue weighted by atomic mass is 9.91. The van der Waals surface area contributed by atoms with Gasteiger partial charge >= 0.3 is 11.8 Å². The minimum absolute atomic E-state index is 0.182. The van der Waals surface area contributed by atoms with E-state index < -0.39 is 4.92 Å². The largest absolute Gasteiger partial charge is 0.437 e. The lowest BCUT2D eigenvalue weighted by molar-refractivity contribution is -0.389. The van der Waals surface area contributed by atoms with E-state index >= 15 is 0 Å². The van der Waals surface area contributed by atoms with Crippen molar-refractivity contribution in [1.29, 1.82) is 0 Å². The maximum Gasteiger partial charge on any atom is 0.415 e. The molecule has 2 saturated heterocycles. The van der Waals surface area contributed by atoms with Gasteiger partial charge < -0.3 is 19.8 Å². The van der Waals surface area contributed by atoms with Crippen LogP contribution in [0, 0.1) is 10.1 Å². The van der Waals surface area contributed by atoms with Gasteiger partial charge in [-0.05, 0) is 21.6 Å². The molecule has 0 atom stereocenters. The van der Waals surface area contributed by atoms with Gasteiger partial charge in [-0.15, -0.1) is 0 Å². The zero-order chi connectivity index (χ0) is 26.1. The Hall–Kier alpha value is -3.76. The maximum absolute atomic E-state index is 13.0. The fourth-order valence-electron chi connectivity index (χ4n) is 5.72. The van der Waals surface area contributed by atoms with Gasteiger partial charge in [-0.1, -0.05) is 54.6 Å². The van der Waals surface area contributed by atoms with Crippen molar-refractivity contribution in [1.82, 2.24) is 24.3 Å². The Labute approximate surface area is 221 Å². The van der Waals surface area contributed by atoms with Crippen LogP contribution in [0.1, 0.15) is 18.4 Å². The molecule has 4 heterocycles. The van der Waals surface area contributed by atoms with Gasteiger partial charge in [-0.3, -0.25) is 19.2 Å². The number of ether oxygens (including phenoxy) is 1. The highest BCUT2D eigenvalue weighted by atomic mass is 16.6. The normalized spacial score (nSPS) is 19.3. The number of piperidine rings is 1. The summed E-state index contributed by atoms with van der Waals surface area (Å²) in [6, 6.07) is 19.5. The van der Waals surface area contributed by atoms with E-state index in [1.54, 1.807) is 4.57 Å². The molecular weight excluding hydrogens is 484 g/mol. The number of rotatable bonds is 6. The highest BCUT2D eigenvalue weighted by Crippen LogP contribution is 2.37. The van der Waals surface area contributed by atoms with Crippen molar-refractivity contribution in [2.24, 2.45) is 0 Å². The second-order valence-electron chi connectivity index (χ2n) is 10.5. The average Bonchev–Trinajstić information content (AvgIpc) is 3.48. The molecule has 3 aliphatic rings. The number of nitrogens with zero attached hydrogens (tertiary/aromatic N) is 6. The molecule has 2 aromatic carbocycles. The Morgan fingerprint density at radius 3 is 2.26 bits per heavy atom. The van der Waals surface area contributed by atoms with Gasteiger partial charge in [-0.25, -0.2) is 0 Å². The lowest BCUT2D eigenvalue weighted by Gasteiger charge is -2.39. The van der Waals surface area contributed by atoms with E-state index in [0.29, 0.717) is 19.1 Å². The second-order valence-corrected chi connectivity index (χ2v) is 10.5. The van der Waals surface area contributed by atoms with Crippen molar-refractivity contribution < 1.29 is 14.5 Å². The van der Waals surface area contributed by atoms with Gasteiger partial charge in [0.1, 0.15) is 11.8 Å². The number of benzene rings is 2. The van der Waals surface area contributed by atoms with Gasteiger partial charge in [0.15, 0.2) is 0 Å². The highest BCUT2D eigenvalue weighted by molar-refractivity contribution is 5.78. The van der Waals surface area contributed by atoms with Crippen molar-refractivity contribution in [3.05, 3.63) is 76.5 Å². The van der Waals surface area contributed by atoms with Crippen LogP contribution in [0.4, 0.5) is 5.82 Å². The number of aromatic nitrogens is 2. The molecular formula is C28H32N6O4. The Bertz CT molecular complexity index is 1270. The van der Waals surface area contributed by atoms with Gasteiger partial charge in [0.05, 0.1) is 13.1 Å². The quantitative estimate of drug-likeness (QED) is 0.367. The first-order valence-electron chi connectivity index (χ1n) is 13.2. The molecule has 198 valence electrons. The average molecular weight is 517 g/mol. The Morgan fingerprint density at radius 2 is 1.61 bits per heavy atom. The van der Waals surface area contributed by atoms with Crippen molar-refractivity contribution in [3.8, 4) is 17.1 Å². The molecule has 3 aromatic rings. The molecule has 2 fully saturated rings. The van der Waals surface area contributed by atoms with Crippen LogP contribution in [-0.2, 0) is 17.9 Å². The van der Waals surface area contributed by atoms with Crippen LogP contribution in [0.3, 0.4) is 0 Å². The van der Waals surface area contributed by atoms with Crippen molar-refractivity contribution >= 4 is 11.7 Å². The van der Waals surface area contributed by atoms with Crippen LogP contribution >= 0.6 is 0 Å². The van der Waals surface area contributed by atoms with Crippen molar-refractivity contribution in [2.45, 2.75) is 31.5 Å². The number of fused-ring (bicyclic) bond motifs is 1. The summed E-state index contributed by atoms with van der Waals surface area (Å²) in [7, 11) is 0. The number of piperazine rings is 1. The Kier molecular flexibility index (Phi) is 6.59. The number of hydrogen-bond donors (Lipinski definition) is 0. The number of likely N-dealkylation sites (tertiary alicyclic amines) is 1. The molecule has 0 unspecified atom stereocenters. The molecule has 0 bridgehead atoms. The minimum Gasteiger partial charge on any atom is -0.437 e. The Balaban J connectivity index is 0.937. The summed E-state index contributed by atoms with van der Waals surface area (Å²) < 4.78 is 7.78. The number of amides is 1. The van der Waals surface area contributed by atoms with Crippen LogP contribution in [-0.4, -0.2) is 86.5 Å². The first kappa shape index (κ1) is 24.6. The van der Waals surface area contributed by atoms with Crippen molar-refractivity contribution in [2.75, 3.05) is 45.8 Å². The SMILES string of the molecule is O=C(CN1CCC2(CC1)Cn1cc([N+](=O)[O-])nc1O2)N1CCN(Cc2ccc(-c3ccccc3)cc2)CC1. The third-order valence-electron chi connectivity index (χ3n) is 8.00. The lowest BCUT2D eigenvalue weighted by Crippen LogP contribution is -2.53. The molecule has 0 N–H and O–H groups in total. The Morgan fingerprint density at radius 1 is 0.921 bits per heavy atom. The molecule has 3 aliphatic heterocycles. The maximum atomic E-state index is 13.0. The van der Waals surface area contributed by atoms with E-state index in [0.717, 1.165) is 58.7 Å². The van der Waals surface area contributed by atoms with Gasteiger partial charge in [0.2, 0.25) is 5.91 Å². The predicted octanol–water partition coefficient (Wildman–Crippen LogP) is 3.03. The summed E-state index contributed by atoms with van der Waals surface area (Å²) in [4.78, 5) is 34.0. The van der Waals surface area contributed by atoms with Crippen LogP contribution in [0.5, 0.6) is 6.01 Å². The molecule has 10 heteroatoms. The van der Waals surface area contributed by atoms with E-state index in [-0.39, 0.29) is 17.3 Å². The third-order valence-corrected chi connectivity index (χ3v) is 8.00. The van der Waals surface area contributed by atoms with Crippen LogP contribution in [0.15, 0.2) is 60.8 Å². The number of hydrogen-bond acceptors (Lipinski definition) is 7.